The van der Waals surface area contributed by atoms with Crippen molar-refractivity contribution < 1.29 is 18.3 Å². The summed E-state index contributed by atoms with van der Waals surface area (Å²) < 4.78 is 31.8. The standard InChI is InChI=1S/C11H7BrF2O2/c12-8-3-7(9(13)4-10(8)14)11-2-1-6(5-15)16-11/h1-4,15H,5H2. The average molecular weight is 289 g/mol. The van der Waals surface area contributed by atoms with Crippen molar-refractivity contribution in [3.8, 4) is 11.3 Å². The van der Waals surface area contributed by atoms with Crippen LogP contribution in [0.25, 0.3) is 11.3 Å². The number of halogens is 3. The molecule has 0 fully saturated rings. The summed E-state index contributed by atoms with van der Waals surface area (Å²) in [5.74, 6) is -0.799. The summed E-state index contributed by atoms with van der Waals surface area (Å²) in [7, 11) is 0. The highest BCUT2D eigenvalue weighted by Gasteiger charge is 2.13. The van der Waals surface area contributed by atoms with Crippen LogP contribution in [0.15, 0.2) is 33.2 Å². The zero-order valence-electron chi connectivity index (χ0n) is 8.01. The largest absolute Gasteiger partial charge is 0.459 e. The fraction of sp³-hybridized carbons (Fsp3) is 0.0909. The Balaban J connectivity index is 2.51. The Morgan fingerprint density at radius 3 is 2.56 bits per heavy atom. The number of aliphatic hydroxyl groups is 1. The van der Waals surface area contributed by atoms with E-state index in [4.69, 9.17) is 9.52 Å². The smallest absolute Gasteiger partial charge is 0.140 e. The molecule has 2 rings (SSSR count). The lowest BCUT2D eigenvalue weighted by Gasteiger charge is -2.01. The van der Waals surface area contributed by atoms with Crippen molar-refractivity contribution in [3.63, 3.8) is 0 Å². The van der Waals surface area contributed by atoms with Crippen LogP contribution in [0.4, 0.5) is 8.78 Å². The number of rotatable bonds is 2. The molecule has 0 amide bonds. The van der Waals surface area contributed by atoms with E-state index in [1.165, 1.54) is 18.2 Å². The highest BCUT2D eigenvalue weighted by molar-refractivity contribution is 9.10. The van der Waals surface area contributed by atoms with Crippen molar-refractivity contribution in [3.05, 3.63) is 46.1 Å². The van der Waals surface area contributed by atoms with Crippen molar-refractivity contribution in [2.75, 3.05) is 0 Å². The van der Waals surface area contributed by atoms with Gasteiger partial charge >= 0.3 is 0 Å². The molecule has 0 saturated heterocycles. The van der Waals surface area contributed by atoms with E-state index in [-0.39, 0.29) is 22.4 Å². The Hall–Kier alpha value is -1.20. The third kappa shape index (κ3) is 2.01. The van der Waals surface area contributed by atoms with Gasteiger partial charge in [0.25, 0.3) is 0 Å². The highest BCUT2D eigenvalue weighted by atomic mass is 79.9. The first-order valence-electron chi connectivity index (χ1n) is 4.46. The molecule has 0 unspecified atom stereocenters. The molecule has 1 aromatic carbocycles. The second-order valence-corrected chi connectivity index (χ2v) is 4.02. The zero-order chi connectivity index (χ0) is 11.7. The molecule has 0 aliphatic heterocycles. The molecule has 2 aromatic rings. The van der Waals surface area contributed by atoms with Crippen LogP contribution in [0, 0.1) is 11.6 Å². The SMILES string of the molecule is OCc1ccc(-c2cc(Br)c(F)cc2F)o1. The maximum atomic E-state index is 13.4. The van der Waals surface area contributed by atoms with Gasteiger partial charge in [-0.25, -0.2) is 8.78 Å². The molecular weight excluding hydrogens is 282 g/mol. The molecule has 1 N–H and O–H groups in total. The van der Waals surface area contributed by atoms with E-state index in [1.54, 1.807) is 0 Å². The Morgan fingerprint density at radius 1 is 1.19 bits per heavy atom. The summed E-state index contributed by atoms with van der Waals surface area (Å²) in [6.45, 7) is -0.260. The number of aliphatic hydroxyl groups excluding tert-OH is 1. The second-order valence-electron chi connectivity index (χ2n) is 3.17. The van der Waals surface area contributed by atoms with Gasteiger partial charge in [0.1, 0.15) is 29.8 Å². The Bertz CT molecular complexity index is 523. The third-order valence-corrected chi connectivity index (χ3v) is 2.70. The Kier molecular flexibility index (Phi) is 3.07. The molecule has 16 heavy (non-hydrogen) atoms. The van der Waals surface area contributed by atoms with Crippen molar-refractivity contribution in [1.82, 2.24) is 0 Å². The third-order valence-electron chi connectivity index (χ3n) is 2.09. The van der Waals surface area contributed by atoms with Crippen molar-refractivity contribution in [1.29, 1.82) is 0 Å². The number of benzene rings is 1. The number of hydrogen-bond acceptors (Lipinski definition) is 2. The fourth-order valence-corrected chi connectivity index (χ4v) is 1.66. The van der Waals surface area contributed by atoms with Gasteiger partial charge in [0.15, 0.2) is 0 Å². The van der Waals surface area contributed by atoms with Crippen molar-refractivity contribution in [2.45, 2.75) is 6.61 Å². The molecule has 0 spiro atoms. The van der Waals surface area contributed by atoms with Gasteiger partial charge in [0, 0.05) is 6.07 Å². The van der Waals surface area contributed by atoms with Gasteiger partial charge in [-0.2, -0.15) is 0 Å². The highest BCUT2D eigenvalue weighted by Crippen LogP contribution is 2.29. The van der Waals surface area contributed by atoms with E-state index in [1.807, 2.05) is 0 Å². The minimum absolute atomic E-state index is 0.146. The number of furan rings is 1. The van der Waals surface area contributed by atoms with Crippen LogP contribution < -0.4 is 0 Å². The van der Waals surface area contributed by atoms with Crippen LogP contribution >= 0.6 is 15.9 Å². The van der Waals surface area contributed by atoms with Crippen molar-refractivity contribution in [2.24, 2.45) is 0 Å². The van der Waals surface area contributed by atoms with Crippen LogP contribution in [0.1, 0.15) is 5.76 Å². The molecule has 1 aromatic heterocycles. The minimum Gasteiger partial charge on any atom is -0.459 e. The van der Waals surface area contributed by atoms with Gasteiger partial charge in [-0.15, -0.1) is 0 Å². The summed E-state index contributed by atoms with van der Waals surface area (Å²) in [5, 5.41) is 8.81. The van der Waals surface area contributed by atoms with E-state index in [0.717, 1.165) is 6.07 Å². The summed E-state index contributed by atoms with van der Waals surface area (Å²) >= 11 is 2.97. The lowest BCUT2D eigenvalue weighted by atomic mass is 10.1. The normalized spacial score (nSPS) is 10.8. The van der Waals surface area contributed by atoms with E-state index < -0.39 is 11.6 Å². The lowest BCUT2D eigenvalue weighted by Crippen LogP contribution is -1.86. The predicted molar refractivity (Wildman–Crippen MR) is 57.7 cm³/mol. The van der Waals surface area contributed by atoms with Gasteiger partial charge in [0.2, 0.25) is 0 Å². The molecule has 0 atom stereocenters. The summed E-state index contributed by atoms with van der Waals surface area (Å²) in [5.41, 5.74) is 0.146. The Labute approximate surface area is 98.6 Å². The van der Waals surface area contributed by atoms with E-state index in [9.17, 15) is 8.78 Å². The first-order chi connectivity index (χ1) is 7.61. The van der Waals surface area contributed by atoms with Gasteiger partial charge in [-0.05, 0) is 34.1 Å². The predicted octanol–water partition coefficient (Wildman–Crippen LogP) is 3.48. The maximum absolute atomic E-state index is 13.4. The molecule has 2 nitrogen and oxygen atoms in total. The molecular formula is C11H7BrF2O2. The van der Waals surface area contributed by atoms with E-state index in [0.29, 0.717) is 5.76 Å². The quantitative estimate of drug-likeness (QED) is 0.859. The topological polar surface area (TPSA) is 33.4 Å². The fourth-order valence-electron chi connectivity index (χ4n) is 1.32. The van der Waals surface area contributed by atoms with Crippen LogP contribution in [0.3, 0.4) is 0 Å². The maximum Gasteiger partial charge on any atom is 0.140 e. The van der Waals surface area contributed by atoms with Crippen LogP contribution in [0.2, 0.25) is 0 Å². The van der Waals surface area contributed by atoms with Gasteiger partial charge in [0.05, 0.1) is 10.0 Å². The van der Waals surface area contributed by atoms with Crippen LogP contribution in [-0.4, -0.2) is 5.11 Å². The summed E-state index contributed by atoms with van der Waals surface area (Å²) in [4.78, 5) is 0. The monoisotopic (exact) mass is 288 g/mol. The molecule has 0 aliphatic rings. The zero-order valence-corrected chi connectivity index (χ0v) is 9.59. The van der Waals surface area contributed by atoms with Crippen molar-refractivity contribution >= 4 is 15.9 Å². The Morgan fingerprint density at radius 2 is 1.94 bits per heavy atom. The molecule has 0 saturated carbocycles. The first-order valence-corrected chi connectivity index (χ1v) is 5.25. The molecule has 0 bridgehead atoms. The molecule has 0 aliphatic carbocycles. The van der Waals surface area contributed by atoms with Crippen LogP contribution in [0.5, 0.6) is 0 Å². The second kappa shape index (κ2) is 4.35. The van der Waals surface area contributed by atoms with E-state index >= 15 is 0 Å². The van der Waals surface area contributed by atoms with E-state index in [2.05, 4.69) is 15.9 Å². The lowest BCUT2D eigenvalue weighted by molar-refractivity contribution is 0.248. The molecule has 0 radical (unpaired) electrons. The first kappa shape index (κ1) is 11.3. The van der Waals surface area contributed by atoms with Gasteiger partial charge < -0.3 is 9.52 Å². The molecule has 5 heteroatoms. The minimum atomic E-state index is -0.709. The number of hydrogen-bond donors (Lipinski definition) is 1. The van der Waals surface area contributed by atoms with Gasteiger partial charge in [-0.1, -0.05) is 0 Å². The summed E-state index contributed by atoms with van der Waals surface area (Å²) in [6, 6.07) is 5.13. The average Bonchev–Trinajstić information content (AvgIpc) is 2.71. The molecule has 1 heterocycles. The molecule has 84 valence electrons. The van der Waals surface area contributed by atoms with Gasteiger partial charge in [-0.3, -0.25) is 0 Å². The van der Waals surface area contributed by atoms with Crippen LogP contribution in [-0.2, 0) is 6.61 Å². The summed E-state index contributed by atoms with van der Waals surface area (Å²) in [6.07, 6.45) is 0.